The molecule has 2 aliphatic rings. The SMILES string of the molecule is O=C(O)C1c2ccsc2CCN1C(=O)CC1CC(c2ccccc2)C1. The number of carboxylic acid groups (broad SMARTS) is 1. The van der Waals surface area contributed by atoms with Crippen LogP contribution in [0.1, 0.15) is 47.2 Å². The average molecular weight is 355 g/mol. The first-order valence-electron chi connectivity index (χ1n) is 8.77. The number of aliphatic carboxylic acids is 1. The molecule has 1 aliphatic carbocycles. The third-order valence-corrected chi connectivity index (χ3v) is 6.49. The quantitative estimate of drug-likeness (QED) is 0.906. The van der Waals surface area contributed by atoms with Gasteiger partial charge in [0.2, 0.25) is 5.91 Å². The fourth-order valence-corrected chi connectivity index (χ4v) is 5.02. The highest BCUT2D eigenvalue weighted by Gasteiger charge is 2.39. The van der Waals surface area contributed by atoms with Gasteiger partial charge in [0, 0.05) is 17.8 Å². The Balaban J connectivity index is 1.40. The van der Waals surface area contributed by atoms with Crippen LogP contribution in [0.3, 0.4) is 0 Å². The minimum atomic E-state index is -0.927. The van der Waals surface area contributed by atoms with E-state index >= 15 is 0 Å². The lowest BCUT2D eigenvalue weighted by atomic mass is 9.70. The Hall–Kier alpha value is -2.14. The second-order valence-corrected chi connectivity index (χ2v) is 8.03. The first kappa shape index (κ1) is 16.3. The summed E-state index contributed by atoms with van der Waals surface area (Å²) in [5.41, 5.74) is 2.14. The molecule has 1 atom stereocenters. The summed E-state index contributed by atoms with van der Waals surface area (Å²) in [7, 11) is 0. The molecule has 0 spiro atoms. The number of rotatable bonds is 4. The predicted molar refractivity (Wildman–Crippen MR) is 96.6 cm³/mol. The average Bonchev–Trinajstić information content (AvgIpc) is 3.05. The molecule has 130 valence electrons. The van der Waals surface area contributed by atoms with Crippen LogP contribution in [0.5, 0.6) is 0 Å². The van der Waals surface area contributed by atoms with Crippen LogP contribution in [0.4, 0.5) is 0 Å². The van der Waals surface area contributed by atoms with Crippen LogP contribution in [-0.2, 0) is 16.0 Å². The first-order chi connectivity index (χ1) is 12.1. The van der Waals surface area contributed by atoms with Gasteiger partial charge < -0.3 is 10.0 Å². The lowest BCUT2D eigenvalue weighted by Crippen LogP contribution is -2.44. The van der Waals surface area contributed by atoms with E-state index in [1.54, 1.807) is 16.2 Å². The maximum absolute atomic E-state index is 12.8. The summed E-state index contributed by atoms with van der Waals surface area (Å²) in [6.45, 7) is 0.512. The highest BCUT2D eigenvalue weighted by Crippen LogP contribution is 2.44. The lowest BCUT2D eigenvalue weighted by Gasteiger charge is -2.38. The Bertz CT molecular complexity index is 779. The topological polar surface area (TPSA) is 57.6 Å². The van der Waals surface area contributed by atoms with E-state index in [4.69, 9.17) is 0 Å². The van der Waals surface area contributed by atoms with Gasteiger partial charge in [0.1, 0.15) is 0 Å². The Morgan fingerprint density at radius 2 is 1.92 bits per heavy atom. The van der Waals surface area contributed by atoms with Crippen LogP contribution >= 0.6 is 11.3 Å². The molecular formula is C20H21NO3S. The number of nitrogens with zero attached hydrogens (tertiary/aromatic N) is 1. The number of hydrogen-bond donors (Lipinski definition) is 1. The third-order valence-electron chi connectivity index (χ3n) is 5.49. The van der Waals surface area contributed by atoms with Crippen molar-refractivity contribution in [2.45, 2.75) is 37.6 Å². The predicted octanol–water partition coefficient (Wildman–Crippen LogP) is 3.84. The summed E-state index contributed by atoms with van der Waals surface area (Å²) in [4.78, 5) is 27.2. The smallest absolute Gasteiger partial charge is 0.331 e. The van der Waals surface area contributed by atoms with E-state index in [1.165, 1.54) is 5.56 Å². The van der Waals surface area contributed by atoms with Crippen molar-refractivity contribution >= 4 is 23.2 Å². The van der Waals surface area contributed by atoms with Crippen molar-refractivity contribution < 1.29 is 14.7 Å². The molecule has 1 aromatic carbocycles. The molecule has 1 aromatic heterocycles. The van der Waals surface area contributed by atoms with Gasteiger partial charge in [0.05, 0.1) is 0 Å². The van der Waals surface area contributed by atoms with E-state index < -0.39 is 12.0 Å². The highest BCUT2D eigenvalue weighted by molar-refractivity contribution is 7.10. The molecule has 4 rings (SSSR count). The maximum atomic E-state index is 12.8. The normalized spacial score (nSPS) is 25.1. The molecule has 0 radical (unpaired) electrons. The van der Waals surface area contributed by atoms with E-state index in [0.29, 0.717) is 24.8 Å². The van der Waals surface area contributed by atoms with Gasteiger partial charge in [-0.25, -0.2) is 4.79 Å². The number of hydrogen-bond acceptors (Lipinski definition) is 3. The van der Waals surface area contributed by atoms with Crippen molar-refractivity contribution in [2.24, 2.45) is 5.92 Å². The lowest BCUT2D eigenvalue weighted by molar-refractivity contribution is -0.152. The number of fused-ring (bicyclic) bond motifs is 1. The Morgan fingerprint density at radius 1 is 1.16 bits per heavy atom. The van der Waals surface area contributed by atoms with Crippen molar-refractivity contribution in [3.05, 3.63) is 57.8 Å². The van der Waals surface area contributed by atoms with Crippen molar-refractivity contribution in [2.75, 3.05) is 6.54 Å². The van der Waals surface area contributed by atoms with Gasteiger partial charge in [-0.2, -0.15) is 0 Å². The zero-order valence-corrected chi connectivity index (χ0v) is 14.7. The van der Waals surface area contributed by atoms with Gasteiger partial charge >= 0.3 is 5.97 Å². The van der Waals surface area contributed by atoms with Crippen molar-refractivity contribution in [1.29, 1.82) is 0 Å². The summed E-state index contributed by atoms with van der Waals surface area (Å²) in [6.07, 6.45) is 3.27. The molecule has 1 amide bonds. The first-order valence-corrected chi connectivity index (χ1v) is 9.65. The van der Waals surface area contributed by atoms with Crippen molar-refractivity contribution in [3.63, 3.8) is 0 Å². The number of thiophene rings is 1. The van der Waals surface area contributed by atoms with Gasteiger partial charge in [-0.1, -0.05) is 30.3 Å². The van der Waals surface area contributed by atoms with Gasteiger partial charge in [-0.15, -0.1) is 11.3 Å². The molecule has 0 bridgehead atoms. The van der Waals surface area contributed by atoms with Crippen LogP contribution in [0.2, 0.25) is 0 Å². The highest BCUT2D eigenvalue weighted by atomic mass is 32.1. The Labute approximate surface area is 151 Å². The van der Waals surface area contributed by atoms with E-state index in [1.807, 2.05) is 17.5 Å². The number of benzene rings is 1. The van der Waals surface area contributed by atoms with E-state index in [0.717, 1.165) is 29.7 Å². The summed E-state index contributed by atoms with van der Waals surface area (Å²) >= 11 is 1.59. The molecule has 1 fully saturated rings. The number of carbonyl (C=O) groups is 2. The molecule has 2 heterocycles. The number of amides is 1. The minimum absolute atomic E-state index is 0.0132. The number of carboxylic acids is 1. The summed E-state index contributed by atoms with van der Waals surface area (Å²) < 4.78 is 0. The molecule has 4 nitrogen and oxygen atoms in total. The minimum Gasteiger partial charge on any atom is -0.479 e. The van der Waals surface area contributed by atoms with Crippen molar-refractivity contribution in [3.8, 4) is 0 Å². The van der Waals surface area contributed by atoms with Crippen LogP contribution in [0.15, 0.2) is 41.8 Å². The molecule has 25 heavy (non-hydrogen) atoms. The monoisotopic (exact) mass is 355 g/mol. The van der Waals surface area contributed by atoms with E-state index in [2.05, 4.69) is 24.3 Å². The molecule has 1 N–H and O–H groups in total. The summed E-state index contributed by atoms with van der Waals surface area (Å²) in [5, 5.41) is 11.6. The molecule has 1 unspecified atom stereocenters. The second-order valence-electron chi connectivity index (χ2n) is 7.03. The zero-order chi connectivity index (χ0) is 17.4. The molecule has 0 saturated heterocycles. The Kier molecular flexibility index (Phi) is 4.34. The van der Waals surface area contributed by atoms with Crippen LogP contribution in [0.25, 0.3) is 0 Å². The van der Waals surface area contributed by atoms with Crippen molar-refractivity contribution in [1.82, 2.24) is 4.90 Å². The van der Waals surface area contributed by atoms with Gasteiger partial charge in [-0.05, 0) is 53.7 Å². The summed E-state index contributed by atoms with van der Waals surface area (Å²) in [5.74, 6) is -0.0284. The zero-order valence-electron chi connectivity index (χ0n) is 13.9. The van der Waals surface area contributed by atoms with Crippen LogP contribution in [0, 0.1) is 5.92 Å². The molecule has 1 aliphatic heterocycles. The van der Waals surface area contributed by atoms with Crippen LogP contribution in [-0.4, -0.2) is 28.4 Å². The van der Waals surface area contributed by atoms with Gasteiger partial charge in [0.25, 0.3) is 0 Å². The van der Waals surface area contributed by atoms with Crippen LogP contribution < -0.4 is 0 Å². The standard InChI is InChI=1S/C20H21NO3S/c22-18(12-13-10-15(11-13)14-4-2-1-3-5-14)21-8-6-17-16(7-9-25-17)19(21)20(23)24/h1-5,7,9,13,15,19H,6,8,10-12H2,(H,23,24). The van der Waals surface area contributed by atoms with Gasteiger partial charge in [-0.3, -0.25) is 4.79 Å². The molecule has 1 saturated carbocycles. The van der Waals surface area contributed by atoms with E-state index in [9.17, 15) is 14.7 Å². The number of carbonyl (C=O) groups excluding carboxylic acids is 1. The fourth-order valence-electron chi connectivity index (χ4n) is 4.12. The maximum Gasteiger partial charge on any atom is 0.331 e. The Morgan fingerprint density at radius 3 is 2.64 bits per heavy atom. The third kappa shape index (κ3) is 3.09. The molecule has 5 heteroatoms. The van der Waals surface area contributed by atoms with Gasteiger partial charge in [0.15, 0.2) is 6.04 Å². The second kappa shape index (κ2) is 6.64. The summed E-state index contributed by atoms with van der Waals surface area (Å²) in [6, 6.07) is 11.5. The molecular weight excluding hydrogens is 334 g/mol. The molecule has 2 aromatic rings. The van der Waals surface area contributed by atoms with E-state index in [-0.39, 0.29) is 5.91 Å². The fraction of sp³-hybridized carbons (Fsp3) is 0.400. The largest absolute Gasteiger partial charge is 0.479 e.